The van der Waals surface area contributed by atoms with Gasteiger partial charge in [-0.2, -0.15) is 0 Å². The molecule has 0 saturated heterocycles. The van der Waals surface area contributed by atoms with Crippen molar-refractivity contribution >= 4 is 0 Å². The van der Waals surface area contributed by atoms with E-state index in [0.29, 0.717) is 0 Å². The highest BCUT2D eigenvalue weighted by Gasteiger charge is 2.10. The number of allylic oxidation sites excluding steroid dienone is 1. The zero-order chi connectivity index (χ0) is 10.8. The highest BCUT2D eigenvalue weighted by molar-refractivity contribution is 4.73. The first kappa shape index (κ1) is 12.6. The minimum atomic E-state index is 0.816. The minimum Gasteiger partial charge on any atom is -0.501 e. The summed E-state index contributed by atoms with van der Waals surface area (Å²) in [4.78, 5) is 0. The predicted molar refractivity (Wildman–Crippen MR) is 65.8 cm³/mol. The lowest BCUT2D eigenvalue weighted by molar-refractivity contribution is 0.172. The highest BCUT2D eigenvalue weighted by atomic mass is 16.5. The first-order valence-electron chi connectivity index (χ1n) is 6.70. The summed E-state index contributed by atoms with van der Waals surface area (Å²) in [5.74, 6) is 0.816. The average Bonchev–Trinajstić information content (AvgIpc) is 2.20. The number of rotatable bonds is 5. The van der Waals surface area contributed by atoms with Crippen LogP contribution in [0.2, 0.25) is 0 Å². The van der Waals surface area contributed by atoms with Crippen LogP contribution in [0.3, 0.4) is 0 Å². The van der Waals surface area contributed by atoms with Crippen LogP contribution in [-0.4, -0.2) is 6.61 Å². The van der Waals surface area contributed by atoms with Crippen molar-refractivity contribution in [1.82, 2.24) is 0 Å². The monoisotopic (exact) mass is 210 g/mol. The maximum atomic E-state index is 5.59. The molecule has 1 nitrogen and oxygen atoms in total. The van der Waals surface area contributed by atoms with Gasteiger partial charge in [0.05, 0.1) is 12.9 Å². The molecule has 0 aromatic carbocycles. The fourth-order valence-corrected chi connectivity index (χ4v) is 2.20. The van der Waals surface area contributed by atoms with Gasteiger partial charge in [-0.15, -0.1) is 0 Å². The molecule has 0 aromatic heterocycles. The van der Waals surface area contributed by atoms with Crippen molar-refractivity contribution in [1.29, 1.82) is 0 Å². The largest absolute Gasteiger partial charge is 0.501 e. The smallest absolute Gasteiger partial charge is 0.0901 e. The van der Waals surface area contributed by atoms with Gasteiger partial charge in [0.2, 0.25) is 0 Å². The van der Waals surface area contributed by atoms with Crippen LogP contribution < -0.4 is 0 Å². The van der Waals surface area contributed by atoms with Gasteiger partial charge in [0.15, 0.2) is 0 Å². The lowest BCUT2D eigenvalue weighted by Crippen LogP contribution is -2.09. The van der Waals surface area contributed by atoms with Crippen LogP contribution in [0.25, 0.3) is 0 Å². The van der Waals surface area contributed by atoms with Crippen molar-refractivity contribution < 1.29 is 4.74 Å². The van der Waals surface area contributed by atoms with Crippen molar-refractivity contribution in [2.24, 2.45) is 5.92 Å². The molecule has 1 rings (SSSR count). The zero-order valence-electron chi connectivity index (χ0n) is 10.2. The van der Waals surface area contributed by atoms with Gasteiger partial charge in [-0.25, -0.2) is 0 Å². The average molecular weight is 210 g/mol. The Kier molecular flexibility index (Phi) is 7.41. The van der Waals surface area contributed by atoms with Crippen molar-refractivity contribution in [3.63, 3.8) is 0 Å². The molecule has 0 unspecified atom stereocenters. The second-order valence-corrected chi connectivity index (χ2v) is 4.70. The van der Waals surface area contributed by atoms with Crippen molar-refractivity contribution in [3.8, 4) is 0 Å². The Hall–Kier alpha value is -0.460. The molecule has 0 bridgehead atoms. The second-order valence-electron chi connectivity index (χ2n) is 4.70. The Balaban J connectivity index is 2.07. The van der Waals surface area contributed by atoms with Gasteiger partial charge < -0.3 is 4.74 Å². The Labute approximate surface area is 94.9 Å². The number of unbranched alkanes of at least 4 members (excludes halogenated alkanes) is 1. The van der Waals surface area contributed by atoms with Crippen LogP contribution in [0.4, 0.5) is 0 Å². The standard InChI is InChI=1S/C14H26O/c1-2-3-9-12-15-13-14-10-7-5-4-6-8-11-14/h9,12,14H,2-8,10-11,13H2,1H3/b12-9+. The Bertz CT molecular complexity index is 155. The van der Waals surface area contributed by atoms with E-state index in [2.05, 4.69) is 13.0 Å². The van der Waals surface area contributed by atoms with E-state index in [1.807, 2.05) is 6.26 Å². The predicted octanol–water partition coefficient (Wildman–Crippen LogP) is 4.68. The molecular formula is C14H26O. The van der Waals surface area contributed by atoms with Gasteiger partial charge in [0.1, 0.15) is 0 Å². The lowest BCUT2D eigenvalue weighted by atomic mass is 9.92. The Morgan fingerprint density at radius 3 is 2.40 bits per heavy atom. The summed E-state index contributed by atoms with van der Waals surface area (Å²) in [6.07, 6.45) is 16.3. The lowest BCUT2D eigenvalue weighted by Gasteiger charge is -2.18. The Morgan fingerprint density at radius 1 is 1.07 bits per heavy atom. The summed E-state index contributed by atoms with van der Waals surface area (Å²) in [6, 6.07) is 0. The van der Waals surface area contributed by atoms with E-state index in [1.54, 1.807) is 0 Å². The highest BCUT2D eigenvalue weighted by Crippen LogP contribution is 2.22. The molecule has 0 spiro atoms. The molecule has 1 aliphatic rings. The second kappa shape index (κ2) is 8.82. The Morgan fingerprint density at radius 2 is 1.73 bits per heavy atom. The summed E-state index contributed by atoms with van der Waals surface area (Å²) < 4.78 is 5.59. The molecular weight excluding hydrogens is 184 g/mol. The fraction of sp³-hybridized carbons (Fsp3) is 0.857. The van der Waals surface area contributed by atoms with Crippen LogP contribution in [0.15, 0.2) is 12.3 Å². The molecule has 0 radical (unpaired) electrons. The van der Waals surface area contributed by atoms with E-state index in [-0.39, 0.29) is 0 Å². The van der Waals surface area contributed by atoms with Crippen LogP contribution in [0, 0.1) is 5.92 Å². The van der Waals surface area contributed by atoms with Crippen LogP contribution >= 0.6 is 0 Å². The van der Waals surface area contributed by atoms with E-state index in [4.69, 9.17) is 4.74 Å². The van der Waals surface area contributed by atoms with Crippen molar-refractivity contribution in [3.05, 3.63) is 12.3 Å². The SMILES string of the molecule is CCC/C=C/OCC1CCCCCCC1. The van der Waals surface area contributed by atoms with E-state index in [1.165, 1.54) is 51.4 Å². The van der Waals surface area contributed by atoms with E-state index < -0.39 is 0 Å². The molecule has 1 aliphatic carbocycles. The van der Waals surface area contributed by atoms with Gasteiger partial charge in [-0.05, 0) is 31.3 Å². The fourth-order valence-electron chi connectivity index (χ4n) is 2.20. The number of ether oxygens (including phenoxy) is 1. The number of hydrogen-bond acceptors (Lipinski definition) is 1. The first-order valence-corrected chi connectivity index (χ1v) is 6.70. The van der Waals surface area contributed by atoms with E-state index in [9.17, 15) is 0 Å². The van der Waals surface area contributed by atoms with Gasteiger partial charge in [-0.1, -0.05) is 45.4 Å². The van der Waals surface area contributed by atoms with Crippen molar-refractivity contribution in [2.75, 3.05) is 6.61 Å². The molecule has 0 amide bonds. The van der Waals surface area contributed by atoms with Gasteiger partial charge in [-0.3, -0.25) is 0 Å². The molecule has 0 heterocycles. The maximum absolute atomic E-state index is 5.59. The molecule has 1 fully saturated rings. The number of hydrogen-bond donors (Lipinski definition) is 0. The molecule has 88 valence electrons. The molecule has 0 atom stereocenters. The maximum Gasteiger partial charge on any atom is 0.0901 e. The van der Waals surface area contributed by atoms with Gasteiger partial charge in [0, 0.05) is 0 Å². The van der Waals surface area contributed by atoms with Crippen molar-refractivity contribution in [2.45, 2.75) is 64.7 Å². The summed E-state index contributed by atoms with van der Waals surface area (Å²) >= 11 is 0. The summed E-state index contributed by atoms with van der Waals surface area (Å²) in [6.45, 7) is 3.14. The molecule has 0 aromatic rings. The van der Waals surface area contributed by atoms with Gasteiger partial charge >= 0.3 is 0 Å². The topological polar surface area (TPSA) is 9.23 Å². The third kappa shape index (κ3) is 6.59. The minimum absolute atomic E-state index is 0.816. The normalized spacial score (nSPS) is 20.1. The van der Waals surface area contributed by atoms with E-state index in [0.717, 1.165) is 18.9 Å². The third-order valence-electron chi connectivity index (χ3n) is 3.20. The van der Waals surface area contributed by atoms with Crippen LogP contribution in [0.5, 0.6) is 0 Å². The van der Waals surface area contributed by atoms with Gasteiger partial charge in [0.25, 0.3) is 0 Å². The molecule has 0 aliphatic heterocycles. The first-order chi connectivity index (χ1) is 7.43. The summed E-state index contributed by atoms with van der Waals surface area (Å²) in [5, 5.41) is 0. The molecule has 1 heteroatoms. The molecule has 0 N–H and O–H groups in total. The molecule has 1 saturated carbocycles. The quantitative estimate of drug-likeness (QED) is 0.599. The van der Waals surface area contributed by atoms with Crippen LogP contribution in [-0.2, 0) is 4.74 Å². The zero-order valence-corrected chi connectivity index (χ0v) is 10.2. The summed E-state index contributed by atoms with van der Waals surface area (Å²) in [7, 11) is 0. The third-order valence-corrected chi connectivity index (χ3v) is 3.20. The van der Waals surface area contributed by atoms with Crippen LogP contribution in [0.1, 0.15) is 64.7 Å². The summed E-state index contributed by atoms with van der Waals surface area (Å²) in [5.41, 5.74) is 0. The van der Waals surface area contributed by atoms with E-state index >= 15 is 0 Å². The molecule has 15 heavy (non-hydrogen) atoms.